The first-order valence-corrected chi connectivity index (χ1v) is 7.62. The molecule has 0 unspecified atom stereocenters. The summed E-state index contributed by atoms with van der Waals surface area (Å²) >= 11 is 0. The van der Waals surface area contributed by atoms with Crippen LogP contribution in [-0.4, -0.2) is 5.78 Å². The molecule has 1 fully saturated rings. The Labute approximate surface area is 120 Å². The van der Waals surface area contributed by atoms with Crippen LogP contribution in [0.4, 0.5) is 4.39 Å². The van der Waals surface area contributed by atoms with Gasteiger partial charge in [-0.15, -0.1) is 0 Å². The van der Waals surface area contributed by atoms with E-state index >= 15 is 0 Å². The maximum absolute atomic E-state index is 14.0. The number of hydrogen-bond acceptors (Lipinski definition) is 1. The molecule has 0 spiro atoms. The van der Waals surface area contributed by atoms with E-state index in [-0.39, 0.29) is 11.3 Å². The molecular weight excluding hydrogens is 251 g/mol. The van der Waals surface area contributed by atoms with Gasteiger partial charge in [-0.25, -0.2) is 4.39 Å². The SMILES string of the molecule is C=CC(=O)c1ccc(C2CCC(CCC)CC2)cc1F. The van der Waals surface area contributed by atoms with E-state index in [2.05, 4.69) is 13.5 Å². The molecule has 2 rings (SSSR count). The fourth-order valence-corrected chi connectivity index (χ4v) is 3.29. The van der Waals surface area contributed by atoms with Gasteiger partial charge in [0.2, 0.25) is 0 Å². The van der Waals surface area contributed by atoms with Crippen molar-refractivity contribution in [3.8, 4) is 0 Å². The molecule has 1 nitrogen and oxygen atoms in total. The lowest BCUT2D eigenvalue weighted by atomic mass is 9.77. The van der Waals surface area contributed by atoms with Gasteiger partial charge in [0.25, 0.3) is 0 Å². The van der Waals surface area contributed by atoms with Crippen LogP contribution in [0, 0.1) is 11.7 Å². The van der Waals surface area contributed by atoms with E-state index in [1.54, 1.807) is 12.1 Å². The molecule has 0 N–H and O–H groups in total. The summed E-state index contributed by atoms with van der Waals surface area (Å²) < 4.78 is 14.0. The zero-order valence-electron chi connectivity index (χ0n) is 12.2. The summed E-state index contributed by atoms with van der Waals surface area (Å²) in [5.74, 6) is 0.539. The molecular formula is C18H23FO. The molecule has 108 valence electrons. The van der Waals surface area contributed by atoms with Gasteiger partial charge in [-0.3, -0.25) is 4.79 Å². The topological polar surface area (TPSA) is 17.1 Å². The van der Waals surface area contributed by atoms with E-state index in [0.717, 1.165) is 30.4 Å². The third kappa shape index (κ3) is 3.36. The molecule has 0 aliphatic heterocycles. The maximum Gasteiger partial charge on any atom is 0.188 e. The first-order valence-electron chi connectivity index (χ1n) is 7.62. The highest BCUT2D eigenvalue weighted by Crippen LogP contribution is 2.37. The minimum atomic E-state index is -0.414. The van der Waals surface area contributed by atoms with Crippen molar-refractivity contribution >= 4 is 5.78 Å². The molecule has 0 aromatic heterocycles. The summed E-state index contributed by atoms with van der Waals surface area (Å²) in [5.41, 5.74) is 1.17. The summed E-state index contributed by atoms with van der Waals surface area (Å²) in [6.45, 7) is 5.63. The van der Waals surface area contributed by atoms with Crippen LogP contribution in [0.15, 0.2) is 30.9 Å². The number of ketones is 1. The Kier molecular flexibility index (Phi) is 5.11. The summed E-state index contributed by atoms with van der Waals surface area (Å²) in [4.78, 5) is 11.5. The molecule has 2 heteroatoms. The molecule has 1 saturated carbocycles. The van der Waals surface area contributed by atoms with Crippen molar-refractivity contribution in [3.63, 3.8) is 0 Å². The highest BCUT2D eigenvalue weighted by atomic mass is 19.1. The van der Waals surface area contributed by atoms with E-state index in [1.807, 2.05) is 6.07 Å². The molecule has 20 heavy (non-hydrogen) atoms. The largest absolute Gasteiger partial charge is 0.289 e. The van der Waals surface area contributed by atoms with Gasteiger partial charge in [-0.1, -0.05) is 32.4 Å². The van der Waals surface area contributed by atoms with Crippen molar-refractivity contribution in [1.82, 2.24) is 0 Å². The predicted octanol–water partition coefficient (Wildman–Crippen LogP) is 5.27. The van der Waals surface area contributed by atoms with Crippen LogP contribution in [0.5, 0.6) is 0 Å². The lowest BCUT2D eigenvalue weighted by molar-refractivity contribution is 0.104. The number of allylic oxidation sites excluding steroid dienone is 1. The monoisotopic (exact) mass is 274 g/mol. The molecule has 1 aliphatic rings. The first-order chi connectivity index (χ1) is 9.65. The van der Waals surface area contributed by atoms with Gasteiger partial charge in [0.05, 0.1) is 5.56 Å². The summed E-state index contributed by atoms with van der Waals surface area (Å²) in [7, 11) is 0. The van der Waals surface area contributed by atoms with Gasteiger partial charge in [-0.05, 0) is 61.3 Å². The molecule has 0 bridgehead atoms. The Morgan fingerprint density at radius 1 is 1.35 bits per heavy atom. The summed E-state index contributed by atoms with van der Waals surface area (Å²) in [6, 6.07) is 5.05. The van der Waals surface area contributed by atoms with E-state index in [4.69, 9.17) is 0 Å². The molecule has 0 atom stereocenters. The zero-order valence-corrected chi connectivity index (χ0v) is 12.2. The van der Waals surface area contributed by atoms with Crippen LogP contribution in [-0.2, 0) is 0 Å². The third-order valence-electron chi connectivity index (χ3n) is 4.46. The van der Waals surface area contributed by atoms with E-state index in [1.165, 1.54) is 25.7 Å². The van der Waals surface area contributed by atoms with Gasteiger partial charge < -0.3 is 0 Å². The Balaban J connectivity index is 2.06. The zero-order chi connectivity index (χ0) is 14.5. The molecule has 0 amide bonds. The van der Waals surface area contributed by atoms with Crippen molar-refractivity contribution in [2.24, 2.45) is 5.92 Å². The first kappa shape index (κ1) is 15.0. The van der Waals surface area contributed by atoms with Crippen LogP contribution in [0.3, 0.4) is 0 Å². The molecule has 0 heterocycles. The van der Waals surface area contributed by atoms with Gasteiger partial charge >= 0.3 is 0 Å². The van der Waals surface area contributed by atoms with Crippen LogP contribution in [0.2, 0.25) is 0 Å². The summed E-state index contributed by atoms with van der Waals surface area (Å²) in [5, 5.41) is 0. The quantitative estimate of drug-likeness (QED) is 0.528. The second kappa shape index (κ2) is 6.83. The standard InChI is InChI=1S/C18H23FO/c1-3-5-13-6-8-14(9-7-13)15-10-11-16(17(19)12-15)18(20)4-2/h4,10-14H,2-3,5-9H2,1H3. The maximum atomic E-state index is 14.0. The van der Waals surface area contributed by atoms with Gasteiger partial charge in [0, 0.05) is 0 Å². The second-order valence-corrected chi connectivity index (χ2v) is 5.81. The lowest BCUT2D eigenvalue weighted by Gasteiger charge is -2.28. The average Bonchev–Trinajstić information content (AvgIpc) is 2.47. The van der Waals surface area contributed by atoms with E-state index < -0.39 is 5.82 Å². The van der Waals surface area contributed by atoms with Crippen molar-refractivity contribution in [1.29, 1.82) is 0 Å². The number of hydrogen-bond donors (Lipinski definition) is 0. The molecule has 0 saturated heterocycles. The molecule has 0 radical (unpaired) electrons. The fraction of sp³-hybridized carbons (Fsp3) is 0.500. The number of rotatable bonds is 5. The highest BCUT2D eigenvalue weighted by molar-refractivity contribution is 6.04. The number of carbonyl (C=O) groups excluding carboxylic acids is 1. The van der Waals surface area contributed by atoms with Crippen LogP contribution in [0.1, 0.15) is 67.3 Å². The van der Waals surface area contributed by atoms with Gasteiger partial charge in [-0.2, -0.15) is 0 Å². The average molecular weight is 274 g/mol. The van der Waals surface area contributed by atoms with Crippen molar-refractivity contribution in [2.45, 2.75) is 51.4 Å². The van der Waals surface area contributed by atoms with E-state index in [9.17, 15) is 9.18 Å². The fourth-order valence-electron chi connectivity index (χ4n) is 3.29. The Morgan fingerprint density at radius 2 is 2.05 bits per heavy atom. The number of halogens is 1. The highest BCUT2D eigenvalue weighted by Gasteiger charge is 2.22. The van der Waals surface area contributed by atoms with Crippen molar-refractivity contribution in [2.75, 3.05) is 0 Å². The van der Waals surface area contributed by atoms with Gasteiger partial charge in [0.1, 0.15) is 5.82 Å². The number of carbonyl (C=O) groups is 1. The van der Waals surface area contributed by atoms with Crippen molar-refractivity contribution < 1.29 is 9.18 Å². The van der Waals surface area contributed by atoms with E-state index in [0.29, 0.717) is 5.92 Å². The van der Waals surface area contributed by atoms with Crippen molar-refractivity contribution in [3.05, 3.63) is 47.8 Å². The van der Waals surface area contributed by atoms with Crippen LogP contribution >= 0.6 is 0 Å². The molecule has 1 aromatic rings. The minimum Gasteiger partial charge on any atom is -0.289 e. The Morgan fingerprint density at radius 3 is 2.60 bits per heavy atom. The third-order valence-corrected chi connectivity index (χ3v) is 4.46. The second-order valence-electron chi connectivity index (χ2n) is 5.81. The normalized spacial score (nSPS) is 22.5. The minimum absolute atomic E-state index is 0.128. The van der Waals surface area contributed by atoms with Gasteiger partial charge in [0.15, 0.2) is 5.78 Å². The molecule has 1 aliphatic carbocycles. The lowest BCUT2D eigenvalue weighted by Crippen LogP contribution is -2.13. The Bertz CT molecular complexity index is 484. The Hall–Kier alpha value is -1.44. The summed E-state index contributed by atoms with van der Waals surface area (Å²) in [6.07, 6.45) is 8.49. The smallest absolute Gasteiger partial charge is 0.188 e. The predicted molar refractivity (Wildman–Crippen MR) is 80.5 cm³/mol. The van der Waals surface area contributed by atoms with Crippen LogP contribution in [0.25, 0.3) is 0 Å². The molecule has 1 aromatic carbocycles. The number of benzene rings is 1. The van der Waals surface area contributed by atoms with Crippen LogP contribution < -0.4 is 0 Å².